The zero-order valence-corrected chi connectivity index (χ0v) is 10.9. The van der Waals surface area contributed by atoms with Gasteiger partial charge >= 0.3 is 0 Å². The van der Waals surface area contributed by atoms with Gasteiger partial charge in [0, 0.05) is 23.5 Å². The molecule has 2 aromatic rings. The van der Waals surface area contributed by atoms with E-state index in [1.807, 2.05) is 6.92 Å². The second-order valence-corrected chi connectivity index (χ2v) is 3.89. The fraction of sp³-hybridized carbons (Fsp3) is 0.286. The first kappa shape index (κ1) is 13.3. The standard InChI is InChI=1S/C14H16N2O3/c1-3-19-11-7-10(8-15-9-11)13(17)12-5-4-6-16-14(12)18-2/h4-9,13,17H,3H2,1-2H3. The largest absolute Gasteiger partial charge is 0.492 e. The van der Waals surface area contributed by atoms with Gasteiger partial charge in [-0.15, -0.1) is 0 Å². The molecule has 2 aromatic heterocycles. The van der Waals surface area contributed by atoms with Gasteiger partial charge in [-0.1, -0.05) is 0 Å². The number of hydrogen-bond donors (Lipinski definition) is 1. The average Bonchev–Trinajstić information content (AvgIpc) is 2.47. The number of hydrogen-bond acceptors (Lipinski definition) is 5. The molecule has 5 nitrogen and oxygen atoms in total. The molecule has 0 amide bonds. The van der Waals surface area contributed by atoms with Gasteiger partial charge in [-0.3, -0.25) is 4.98 Å². The maximum atomic E-state index is 10.4. The summed E-state index contributed by atoms with van der Waals surface area (Å²) in [7, 11) is 1.52. The number of aliphatic hydroxyl groups is 1. The highest BCUT2D eigenvalue weighted by Gasteiger charge is 2.16. The number of pyridine rings is 2. The Kier molecular flexibility index (Phi) is 4.30. The van der Waals surface area contributed by atoms with E-state index in [2.05, 4.69) is 9.97 Å². The molecule has 1 atom stereocenters. The van der Waals surface area contributed by atoms with Gasteiger partial charge in [-0.2, -0.15) is 0 Å². The normalized spacial score (nSPS) is 11.9. The summed E-state index contributed by atoms with van der Waals surface area (Å²) in [6.45, 7) is 2.45. The highest BCUT2D eigenvalue weighted by Crippen LogP contribution is 2.29. The van der Waals surface area contributed by atoms with E-state index in [9.17, 15) is 5.11 Å². The Labute approximate surface area is 111 Å². The fourth-order valence-corrected chi connectivity index (χ4v) is 1.79. The van der Waals surface area contributed by atoms with Gasteiger partial charge in [0.2, 0.25) is 5.88 Å². The van der Waals surface area contributed by atoms with Crippen molar-refractivity contribution in [2.24, 2.45) is 0 Å². The third kappa shape index (κ3) is 3.00. The third-order valence-corrected chi connectivity index (χ3v) is 2.65. The molecule has 1 N–H and O–H groups in total. The first-order valence-electron chi connectivity index (χ1n) is 6.01. The maximum absolute atomic E-state index is 10.4. The quantitative estimate of drug-likeness (QED) is 0.890. The summed E-state index contributed by atoms with van der Waals surface area (Å²) < 4.78 is 10.5. The Morgan fingerprint density at radius 2 is 2.21 bits per heavy atom. The Balaban J connectivity index is 2.32. The predicted molar refractivity (Wildman–Crippen MR) is 70.3 cm³/mol. The number of nitrogens with zero attached hydrogens (tertiary/aromatic N) is 2. The zero-order valence-electron chi connectivity index (χ0n) is 10.9. The lowest BCUT2D eigenvalue weighted by atomic mass is 10.0. The van der Waals surface area contributed by atoms with Gasteiger partial charge in [0.1, 0.15) is 11.9 Å². The van der Waals surface area contributed by atoms with Crippen LogP contribution >= 0.6 is 0 Å². The number of methoxy groups -OCH3 is 1. The second-order valence-electron chi connectivity index (χ2n) is 3.89. The van der Waals surface area contributed by atoms with Gasteiger partial charge < -0.3 is 14.6 Å². The van der Waals surface area contributed by atoms with E-state index < -0.39 is 6.10 Å². The minimum atomic E-state index is -0.850. The van der Waals surface area contributed by atoms with E-state index in [1.165, 1.54) is 7.11 Å². The third-order valence-electron chi connectivity index (χ3n) is 2.65. The predicted octanol–water partition coefficient (Wildman–Crippen LogP) is 1.97. The van der Waals surface area contributed by atoms with Crippen LogP contribution in [0, 0.1) is 0 Å². The van der Waals surface area contributed by atoms with E-state index in [0.29, 0.717) is 29.4 Å². The lowest BCUT2D eigenvalue weighted by Gasteiger charge is -2.14. The summed E-state index contributed by atoms with van der Waals surface area (Å²) >= 11 is 0. The Morgan fingerprint density at radius 3 is 2.95 bits per heavy atom. The van der Waals surface area contributed by atoms with Crippen molar-refractivity contribution in [3.05, 3.63) is 47.9 Å². The minimum absolute atomic E-state index is 0.400. The monoisotopic (exact) mass is 260 g/mol. The van der Waals surface area contributed by atoms with Crippen LogP contribution in [0.5, 0.6) is 11.6 Å². The first-order valence-corrected chi connectivity index (χ1v) is 6.01. The van der Waals surface area contributed by atoms with Gasteiger partial charge in [0.25, 0.3) is 0 Å². The molecule has 0 aliphatic heterocycles. The molecular weight excluding hydrogens is 244 g/mol. The first-order chi connectivity index (χ1) is 9.26. The highest BCUT2D eigenvalue weighted by molar-refractivity contribution is 5.36. The molecule has 2 heterocycles. The van der Waals surface area contributed by atoms with Crippen LogP contribution in [0.1, 0.15) is 24.2 Å². The van der Waals surface area contributed by atoms with Crippen molar-refractivity contribution >= 4 is 0 Å². The van der Waals surface area contributed by atoms with Gasteiger partial charge in [-0.25, -0.2) is 4.98 Å². The number of ether oxygens (including phenoxy) is 2. The topological polar surface area (TPSA) is 64.5 Å². The van der Waals surface area contributed by atoms with Crippen LogP contribution in [0.15, 0.2) is 36.8 Å². The lowest BCUT2D eigenvalue weighted by molar-refractivity contribution is 0.212. The van der Waals surface area contributed by atoms with Crippen LogP contribution in [0.4, 0.5) is 0 Å². The molecule has 0 spiro atoms. The van der Waals surface area contributed by atoms with Crippen molar-refractivity contribution in [2.45, 2.75) is 13.0 Å². The van der Waals surface area contributed by atoms with Crippen LogP contribution in [0.3, 0.4) is 0 Å². The van der Waals surface area contributed by atoms with Crippen LogP contribution < -0.4 is 9.47 Å². The highest BCUT2D eigenvalue weighted by atomic mass is 16.5. The summed E-state index contributed by atoms with van der Waals surface area (Å²) in [4.78, 5) is 8.13. The van der Waals surface area contributed by atoms with Crippen molar-refractivity contribution in [2.75, 3.05) is 13.7 Å². The molecule has 5 heteroatoms. The van der Waals surface area contributed by atoms with Crippen LogP contribution in [0.2, 0.25) is 0 Å². The Bertz CT molecular complexity index is 546. The van der Waals surface area contributed by atoms with E-state index >= 15 is 0 Å². The molecular formula is C14H16N2O3. The van der Waals surface area contributed by atoms with Crippen molar-refractivity contribution in [3.63, 3.8) is 0 Å². The van der Waals surface area contributed by atoms with E-state index in [4.69, 9.17) is 9.47 Å². The van der Waals surface area contributed by atoms with Crippen molar-refractivity contribution in [1.29, 1.82) is 0 Å². The summed E-state index contributed by atoms with van der Waals surface area (Å²) in [5.74, 6) is 1.03. The van der Waals surface area contributed by atoms with Gasteiger partial charge in [0.05, 0.1) is 19.9 Å². The number of rotatable bonds is 5. The number of aliphatic hydroxyl groups excluding tert-OH is 1. The van der Waals surface area contributed by atoms with E-state index in [0.717, 1.165) is 0 Å². The van der Waals surface area contributed by atoms with Crippen molar-refractivity contribution in [1.82, 2.24) is 9.97 Å². The molecule has 0 saturated heterocycles. The van der Waals surface area contributed by atoms with Crippen LogP contribution in [0.25, 0.3) is 0 Å². The molecule has 0 fully saturated rings. The zero-order chi connectivity index (χ0) is 13.7. The molecule has 2 rings (SSSR count). The summed E-state index contributed by atoms with van der Waals surface area (Å²) in [5.41, 5.74) is 1.23. The molecule has 0 bridgehead atoms. The number of aromatic nitrogens is 2. The van der Waals surface area contributed by atoms with Gasteiger partial charge in [-0.05, 0) is 25.1 Å². The smallest absolute Gasteiger partial charge is 0.219 e. The summed E-state index contributed by atoms with van der Waals surface area (Å²) in [6.07, 6.45) is 3.97. The molecule has 0 aliphatic rings. The molecule has 0 aliphatic carbocycles. The average molecular weight is 260 g/mol. The van der Waals surface area contributed by atoms with E-state index in [1.54, 1.807) is 36.8 Å². The second kappa shape index (κ2) is 6.15. The SMILES string of the molecule is CCOc1cncc(C(O)c2cccnc2OC)c1. The van der Waals surface area contributed by atoms with E-state index in [-0.39, 0.29) is 0 Å². The lowest BCUT2D eigenvalue weighted by Crippen LogP contribution is -2.04. The molecule has 100 valence electrons. The van der Waals surface area contributed by atoms with Crippen molar-refractivity contribution in [3.8, 4) is 11.6 Å². The van der Waals surface area contributed by atoms with Crippen LogP contribution in [-0.4, -0.2) is 28.8 Å². The Hall–Kier alpha value is -2.14. The van der Waals surface area contributed by atoms with Crippen LogP contribution in [-0.2, 0) is 0 Å². The summed E-state index contributed by atoms with van der Waals surface area (Å²) in [5, 5.41) is 10.4. The van der Waals surface area contributed by atoms with Gasteiger partial charge in [0.15, 0.2) is 0 Å². The summed E-state index contributed by atoms with van der Waals surface area (Å²) in [6, 6.07) is 5.28. The molecule has 0 radical (unpaired) electrons. The Morgan fingerprint density at radius 1 is 1.37 bits per heavy atom. The molecule has 0 saturated carbocycles. The molecule has 0 aromatic carbocycles. The minimum Gasteiger partial charge on any atom is -0.492 e. The molecule has 19 heavy (non-hydrogen) atoms. The maximum Gasteiger partial charge on any atom is 0.219 e. The molecule has 1 unspecified atom stereocenters. The van der Waals surface area contributed by atoms with Crippen molar-refractivity contribution < 1.29 is 14.6 Å². The fourth-order valence-electron chi connectivity index (χ4n) is 1.79.